The predicted molar refractivity (Wildman–Crippen MR) is 126 cm³/mol. The number of fused-ring (bicyclic) bond motifs is 3. The standard InChI is InChI=1S/C24H25BrN2O2S/c1-3-14-27(15-4-2)30(28,29)19-12-13-23-22(16-19)20-6-5-7-21(20)24(26-23)17-8-10-18(25)11-9-17/h3-6,8-13,16,20-21,24,26H,1-2,7,14-15H2. The van der Waals surface area contributed by atoms with Crippen LogP contribution in [0.5, 0.6) is 0 Å². The number of allylic oxidation sites excluding steroid dienone is 2. The molecule has 6 heteroatoms. The Balaban J connectivity index is 1.72. The molecule has 3 atom stereocenters. The SMILES string of the molecule is C=CCN(CC=C)S(=O)(=O)c1ccc2c(c1)C1C=CCC1C(c1ccc(Br)cc1)N2. The van der Waals surface area contributed by atoms with E-state index in [1.807, 2.05) is 12.1 Å². The van der Waals surface area contributed by atoms with Crippen molar-refractivity contribution in [3.8, 4) is 0 Å². The van der Waals surface area contributed by atoms with E-state index in [0.717, 1.165) is 22.1 Å². The lowest BCUT2D eigenvalue weighted by Crippen LogP contribution is -2.32. The van der Waals surface area contributed by atoms with Crippen molar-refractivity contribution >= 4 is 31.6 Å². The maximum absolute atomic E-state index is 13.2. The molecule has 4 rings (SSSR count). The second-order valence-electron chi connectivity index (χ2n) is 7.68. The van der Waals surface area contributed by atoms with Crippen LogP contribution in [0.25, 0.3) is 0 Å². The molecule has 0 saturated heterocycles. The Morgan fingerprint density at radius 2 is 1.80 bits per heavy atom. The molecule has 0 saturated carbocycles. The fourth-order valence-corrected chi connectivity index (χ4v) is 6.12. The first kappa shape index (κ1) is 21.1. The summed E-state index contributed by atoms with van der Waals surface area (Å²) >= 11 is 3.51. The van der Waals surface area contributed by atoms with Crippen LogP contribution in [0.3, 0.4) is 0 Å². The molecule has 0 aromatic heterocycles. The second kappa shape index (κ2) is 8.53. The summed E-state index contributed by atoms with van der Waals surface area (Å²) in [5.74, 6) is 0.548. The number of benzene rings is 2. The Morgan fingerprint density at radius 1 is 1.10 bits per heavy atom. The van der Waals surface area contributed by atoms with Gasteiger partial charge in [-0.25, -0.2) is 8.42 Å². The molecule has 4 nitrogen and oxygen atoms in total. The van der Waals surface area contributed by atoms with Crippen molar-refractivity contribution in [2.45, 2.75) is 23.3 Å². The fourth-order valence-electron chi connectivity index (χ4n) is 4.44. The van der Waals surface area contributed by atoms with E-state index in [1.54, 1.807) is 18.2 Å². The number of nitrogens with one attached hydrogen (secondary N) is 1. The number of halogens is 1. The average Bonchev–Trinajstić information content (AvgIpc) is 3.23. The molecule has 1 aliphatic heterocycles. The minimum Gasteiger partial charge on any atom is -0.378 e. The first-order chi connectivity index (χ1) is 14.5. The smallest absolute Gasteiger partial charge is 0.243 e. The second-order valence-corrected chi connectivity index (χ2v) is 10.5. The zero-order valence-electron chi connectivity index (χ0n) is 16.7. The molecule has 0 bridgehead atoms. The maximum Gasteiger partial charge on any atom is 0.243 e. The number of hydrogen-bond acceptors (Lipinski definition) is 3. The summed E-state index contributed by atoms with van der Waals surface area (Å²) in [6.07, 6.45) is 8.59. The minimum absolute atomic E-state index is 0.186. The molecule has 0 spiro atoms. The molecule has 156 valence electrons. The van der Waals surface area contributed by atoms with Crippen LogP contribution < -0.4 is 5.32 Å². The summed E-state index contributed by atoms with van der Waals surface area (Å²) < 4.78 is 28.8. The van der Waals surface area contributed by atoms with Gasteiger partial charge in [0.05, 0.1) is 10.9 Å². The van der Waals surface area contributed by atoms with E-state index < -0.39 is 10.0 Å². The van der Waals surface area contributed by atoms with E-state index in [1.165, 1.54) is 9.87 Å². The normalized spacial score (nSPS) is 22.3. The molecule has 0 radical (unpaired) electrons. The number of hydrogen-bond donors (Lipinski definition) is 1. The van der Waals surface area contributed by atoms with Crippen LogP contribution in [0, 0.1) is 5.92 Å². The van der Waals surface area contributed by atoms with Crippen molar-refractivity contribution in [2.24, 2.45) is 5.92 Å². The molecule has 30 heavy (non-hydrogen) atoms. The van der Waals surface area contributed by atoms with Crippen molar-refractivity contribution in [3.05, 3.63) is 95.5 Å². The Kier molecular flexibility index (Phi) is 6.00. The van der Waals surface area contributed by atoms with Crippen LogP contribution in [0.2, 0.25) is 0 Å². The van der Waals surface area contributed by atoms with Gasteiger partial charge in [0, 0.05) is 29.2 Å². The van der Waals surface area contributed by atoms with Crippen molar-refractivity contribution in [2.75, 3.05) is 18.4 Å². The molecule has 2 aromatic rings. The van der Waals surface area contributed by atoms with Crippen molar-refractivity contribution in [3.63, 3.8) is 0 Å². The quantitative estimate of drug-likeness (QED) is 0.517. The number of rotatable bonds is 7. The number of nitrogens with zero attached hydrogens (tertiary/aromatic N) is 1. The monoisotopic (exact) mass is 484 g/mol. The van der Waals surface area contributed by atoms with Crippen LogP contribution in [0.1, 0.15) is 29.5 Å². The van der Waals surface area contributed by atoms with Gasteiger partial charge in [0.25, 0.3) is 0 Å². The van der Waals surface area contributed by atoms with Crippen molar-refractivity contribution in [1.82, 2.24) is 4.31 Å². The van der Waals surface area contributed by atoms with Gasteiger partial charge in [0.15, 0.2) is 0 Å². The van der Waals surface area contributed by atoms with Gasteiger partial charge in [-0.05, 0) is 53.8 Å². The van der Waals surface area contributed by atoms with E-state index in [-0.39, 0.29) is 25.0 Å². The Morgan fingerprint density at radius 3 is 2.47 bits per heavy atom. The van der Waals surface area contributed by atoms with Gasteiger partial charge in [-0.2, -0.15) is 4.31 Å². The van der Waals surface area contributed by atoms with Gasteiger partial charge in [-0.1, -0.05) is 52.4 Å². The zero-order valence-corrected chi connectivity index (χ0v) is 19.1. The average molecular weight is 485 g/mol. The molecule has 2 aliphatic rings. The van der Waals surface area contributed by atoms with Crippen LogP contribution in [0.4, 0.5) is 5.69 Å². The third kappa shape index (κ3) is 3.80. The van der Waals surface area contributed by atoms with Gasteiger partial charge in [-0.15, -0.1) is 13.2 Å². The molecule has 1 aliphatic carbocycles. The van der Waals surface area contributed by atoms with Gasteiger partial charge in [-0.3, -0.25) is 0 Å². The maximum atomic E-state index is 13.2. The molecule has 0 fully saturated rings. The topological polar surface area (TPSA) is 49.4 Å². The molecule has 1 heterocycles. The van der Waals surface area contributed by atoms with E-state index in [4.69, 9.17) is 0 Å². The first-order valence-electron chi connectivity index (χ1n) is 10.00. The molecular formula is C24H25BrN2O2S. The van der Waals surface area contributed by atoms with Gasteiger partial charge in [0.1, 0.15) is 0 Å². The largest absolute Gasteiger partial charge is 0.378 e. The van der Waals surface area contributed by atoms with E-state index >= 15 is 0 Å². The summed E-state index contributed by atoms with van der Waals surface area (Å²) in [6, 6.07) is 14.0. The van der Waals surface area contributed by atoms with Crippen LogP contribution in [0.15, 0.2) is 89.3 Å². The fraction of sp³-hybridized carbons (Fsp3) is 0.250. The van der Waals surface area contributed by atoms with Crippen molar-refractivity contribution in [1.29, 1.82) is 0 Å². The summed E-state index contributed by atoms with van der Waals surface area (Å²) in [7, 11) is -3.62. The molecule has 1 N–H and O–H groups in total. The van der Waals surface area contributed by atoms with Gasteiger partial charge >= 0.3 is 0 Å². The highest BCUT2D eigenvalue weighted by Gasteiger charge is 2.38. The van der Waals surface area contributed by atoms with Gasteiger partial charge < -0.3 is 5.32 Å². The molecule has 0 amide bonds. The lowest BCUT2D eigenvalue weighted by atomic mass is 9.77. The zero-order chi connectivity index (χ0) is 21.3. The highest BCUT2D eigenvalue weighted by Crippen LogP contribution is 2.50. The molecule has 3 unspecified atom stereocenters. The highest BCUT2D eigenvalue weighted by molar-refractivity contribution is 9.10. The third-order valence-corrected chi connectivity index (χ3v) is 8.22. The first-order valence-corrected chi connectivity index (χ1v) is 12.2. The van der Waals surface area contributed by atoms with Crippen LogP contribution in [-0.2, 0) is 10.0 Å². The molecular weight excluding hydrogens is 460 g/mol. The van der Waals surface area contributed by atoms with E-state index in [0.29, 0.717) is 10.8 Å². The Hall–Kier alpha value is -2.15. The lowest BCUT2D eigenvalue weighted by molar-refractivity contribution is 0.424. The summed E-state index contributed by atoms with van der Waals surface area (Å²) in [4.78, 5) is 0.313. The molecule has 2 aromatic carbocycles. The number of anilines is 1. The van der Waals surface area contributed by atoms with Crippen LogP contribution >= 0.6 is 15.9 Å². The lowest BCUT2D eigenvalue weighted by Gasteiger charge is -2.38. The summed E-state index contributed by atoms with van der Waals surface area (Å²) in [6.45, 7) is 7.87. The summed E-state index contributed by atoms with van der Waals surface area (Å²) in [5, 5.41) is 3.67. The highest BCUT2D eigenvalue weighted by atomic mass is 79.9. The third-order valence-electron chi connectivity index (χ3n) is 5.87. The van der Waals surface area contributed by atoms with Gasteiger partial charge in [0.2, 0.25) is 10.0 Å². The van der Waals surface area contributed by atoms with Crippen LogP contribution in [-0.4, -0.2) is 25.8 Å². The minimum atomic E-state index is -3.62. The van der Waals surface area contributed by atoms with E-state index in [2.05, 4.69) is 70.8 Å². The Bertz CT molecular complexity index is 1080. The number of sulfonamides is 1. The van der Waals surface area contributed by atoms with E-state index in [9.17, 15) is 8.42 Å². The van der Waals surface area contributed by atoms with Crippen molar-refractivity contribution < 1.29 is 8.42 Å². The summed E-state index contributed by atoms with van der Waals surface area (Å²) in [5.41, 5.74) is 3.27. The Labute approximate surface area is 187 Å². The predicted octanol–water partition coefficient (Wildman–Crippen LogP) is 5.64.